The van der Waals surface area contributed by atoms with Gasteiger partial charge in [0.15, 0.2) is 11.5 Å². The monoisotopic (exact) mass is 319 g/mol. The molecule has 2 atom stereocenters. The first kappa shape index (κ1) is 16.3. The number of carbonyl (C=O) groups is 1. The molecule has 1 saturated heterocycles. The second-order valence-electron chi connectivity index (χ2n) is 7.16. The number of nitrogens with zero attached hydrogens (tertiary/aromatic N) is 1. The lowest BCUT2D eigenvalue weighted by molar-refractivity contribution is -0.129. The van der Waals surface area contributed by atoms with Gasteiger partial charge in [-0.2, -0.15) is 0 Å². The number of hydrogen-bond donors (Lipinski definition) is 0. The van der Waals surface area contributed by atoms with Crippen LogP contribution in [0.15, 0.2) is 12.1 Å². The number of piperidine rings is 1. The van der Waals surface area contributed by atoms with Crippen molar-refractivity contribution in [3.05, 3.63) is 23.3 Å². The molecule has 2 aliphatic rings. The fourth-order valence-corrected chi connectivity index (χ4v) is 4.05. The van der Waals surface area contributed by atoms with Crippen molar-refractivity contribution in [3.8, 4) is 11.5 Å². The number of Topliss-reactive ketones (excluding diaryl/α,β-unsaturated/α-hetero) is 1. The summed E-state index contributed by atoms with van der Waals surface area (Å²) in [4.78, 5) is 15.1. The second-order valence-corrected chi connectivity index (χ2v) is 7.16. The number of ether oxygens (including phenoxy) is 2. The molecule has 1 aromatic carbocycles. The van der Waals surface area contributed by atoms with Crippen LogP contribution in [-0.2, 0) is 11.2 Å². The third-order valence-corrected chi connectivity index (χ3v) is 5.17. The van der Waals surface area contributed by atoms with E-state index in [0.29, 0.717) is 18.1 Å². The van der Waals surface area contributed by atoms with Crippen LogP contribution in [0.3, 0.4) is 0 Å². The van der Waals surface area contributed by atoms with Crippen LogP contribution in [0.5, 0.6) is 11.5 Å². The predicted octanol–water partition coefficient (Wildman–Crippen LogP) is 3.48. The lowest BCUT2D eigenvalue weighted by Gasteiger charge is -2.43. The lowest BCUT2D eigenvalue weighted by Crippen LogP contribution is -2.46. The maximum Gasteiger partial charge on any atom is 0.161 e. The van der Waals surface area contributed by atoms with Gasteiger partial charge in [-0.15, -0.1) is 0 Å². The van der Waals surface area contributed by atoms with E-state index in [0.717, 1.165) is 37.4 Å². The number of rotatable bonds is 4. The van der Waals surface area contributed by atoms with Crippen molar-refractivity contribution in [2.24, 2.45) is 11.8 Å². The maximum absolute atomic E-state index is 12.6. The standard InChI is InChI=1S/C19H27NO3.H2/c1-12(2)7-14-11-20-6-5-13-8-18(22-3)19(23-4)9-15(13)16(20)10-17(14)21;/h8-9,12,14,16H,5-7,10-11H2,1-4H3;1H. The zero-order valence-corrected chi connectivity index (χ0v) is 14.6. The number of ketones is 1. The Morgan fingerprint density at radius 3 is 2.61 bits per heavy atom. The highest BCUT2D eigenvalue weighted by molar-refractivity contribution is 5.83. The Bertz CT molecular complexity index is 603. The van der Waals surface area contributed by atoms with Crippen molar-refractivity contribution in [1.29, 1.82) is 0 Å². The smallest absolute Gasteiger partial charge is 0.161 e. The Morgan fingerprint density at radius 2 is 1.96 bits per heavy atom. The molecular formula is C19H29NO3. The summed E-state index contributed by atoms with van der Waals surface area (Å²) in [5, 5.41) is 0. The molecule has 1 aromatic rings. The van der Waals surface area contributed by atoms with Gasteiger partial charge in [0.25, 0.3) is 0 Å². The molecule has 0 bridgehead atoms. The molecule has 0 N–H and O–H groups in total. The zero-order valence-electron chi connectivity index (χ0n) is 14.6. The molecule has 0 amide bonds. The molecule has 23 heavy (non-hydrogen) atoms. The van der Waals surface area contributed by atoms with E-state index in [4.69, 9.17) is 9.47 Å². The van der Waals surface area contributed by atoms with Crippen molar-refractivity contribution < 1.29 is 15.7 Å². The van der Waals surface area contributed by atoms with E-state index >= 15 is 0 Å². The third-order valence-electron chi connectivity index (χ3n) is 5.17. The van der Waals surface area contributed by atoms with Gasteiger partial charge in [-0.3, -0.25) is 9.69 Å². The van der Waals surface area contributed by atoms with Crippen LogP contribution >= 0.6 is 0 Å². The van der Waals surface area contributed by atoms with E-state index in [1.807, 2.05) is 0 Å². The SMILES string of the molecule is COc1cc2c(cc1OC)C1CC(=O)C(CC(C)C)CN1CC2.[HH]. The predicted molar refractivity (Wildman–Crippen MR) is 92.2 cm³/mol. The van der Waals surface area contributed by atoms with Gasteiger partial charge in [0.05, 0.1) is 14.2 Å². The molecule has 4 heteroatoms. The molecule has 3 rings (SSSR count). The van der Waals surface area contributed by atoms with Gasteiger partial charge in [0.1, 0.15) is 5.78 Å². The maximum atomic E-state index is 12.6. The number of methoxy groups -OCH3 is 2. The van der Waals surface area contributed by atoms with Crippen molar-refractivity contribution in [3.63, 3.8) is 0 Å². The Kier molecular flexibility index (Phi) is 4.62. The second kappa shape index (κ2) is 6.52. The molecular weight excluding hydrogens is 290 g/mol. The van der Waals surface area contributed by atoms with Gasteiger partial charge in [-0.25, -0.2) is 0 Å². The van der Waals surface area contributed by atoms with Gasteiger partial charge in [0, 0.05) is 32.9 Å². The topological polar surface area (TPSA) is 38.8 Å². The number of benzene rings is 1. The minimum absolute atomic E-state index is 0. The van der Waals surface area contributed by atoms with Crippen molar-refractivity contribution in [2.45, 2.75) is 39.2 Å². The fourth-order valence-electron chi connectivity index (χ4n) is 4.05. The summed E-state index contributed by atoms with van der Waals surface area (Å²) in [6.45, 7) is 6.31. The Balaban J connectivity index is 0.00000208. The van der Waals surface area contributed by atoms with Crippen molar-refractivity contribution in [2.75, 3.05) is 27.3 Å². The third kappa shape index (κ3) is 3.09. The Morgan fingerprint density at radius 1 is 1.26 bits per heavy atom. The van der Waals surface area contributed by atoms with Crippen LogP contribution in [0.4, 0.5) is 0 Å². The van der Waals surface area contributed by atoms with Gasteiger partial charge < -0.3 is 9.47 Å². The van der Waals surface area contributed by atoms with E-state index < -0.39 is 0 Å². The average Bonchev–Trinajstić information content (AvgIpc) is 2.53. The Hall–Kier alpha value is -1.55. The quantitative estimate of drug-likeness (QED) is 0.851. The van der Waals surface area contributed by atoms with Crippen LogP contribution in [0.2, 0.25) is 0 Å². The van der Waals surface area contributed by atoms with Gasteiger partial charge in [0.2, 0.25) is 0 Å². The summed E-state index contributed by atoms with van der Waals surface area (Å²) < 4.78 is 10.9. The lowest BCUT2D eigenvalue weighted by atomic mass is 9.80. The molecule has 2 aliphatic heterocycles. The zero-order chi connectivity index (χ0) is 16.6. The highest BCUT2D eigenvalue weighted by Gasteiger charge is 2.38. The summed E-state index contributed by atoms with van der Waals surface area (Å²) in [6.07, 6.45) is 2.63. The van der Waals surface area contributed by atoms with E-state index in [-0.39, 0.29) is 13.4 Å². The normalized spacial score (nSPS) is 24.3. The van der Waals surface area contributed by atoms with E-state index in [2.05, 4.69) is 30.9 Å². The molecule has 2 unspecified atom stereocenters. The molecule has 0 spiro atoms. The first-order valence-electron chi connectivity index (χ1n) is 8.55. The number of fused-ring (bicyclic) bond motifs is 3. The van der Waals surface area contributed by atoms with Crippen LogP contribution in [0, 0.1) is 11.8 Å². The summed E-state index contributed by atoms with van der Waals surface area (Å²) in [5.74, 6) is 2.72. The summed E-state index contributed by atoms with van der Waals surface area (Å²) in [5.41, 5.74) is 2.53. The molecule has 0 radical (unpaired) electrons. The first-order chi connectivity index (χ1) is 11.0. The average molecular weight is 319 g/mol. The van der Waals surface area contributed by atoms with Gasteiger partial charge in [-0.05, 0) is 42.0 Å². The summed E-state index contributed by atoms with van der Waals surface area (Å²) in [6, 6.07) is 4.35. The molecule has 128 valence electrons. The number of carbonyl (C=O) groups excluding carboxylic acids is 1. The van der Waals surface area contributed by atoms with Gasteiger partial charge in [-0.1, -0.05) is 13.8 Å². The molecule has 0 aromatic heterocycles. The van der Waals surface area contributed by atoms with E-state index in [1.165, 1.54) is 11.1 Å². The van der Waals surface area contributed by atoms with Crippen molar-refractivity contribution in [1.82, 2.24) is 4.90 Å². The highest BCUT2D eigenvalue weighted by atomic mass is 16.5. The van der Waals surface area contributed by atoms with Crippen LogP contribution in [-0.4, -0.2) is 38.0 Å². The van der Waals surface area contributed by atoms with E-state index in [1.54, 1.807) is 14.2 Å². The van der Waals surface area contributed by atoms with Crippen molar-refractivity contribution >= 4 is 5.78 Å². The molecule has 0 aliphatic carbocycles. The number of hydrogen-bond acceptors (Lipinski definition) is 4. The minimum atomic E-state index is 0. The molecule has 0 saturated carbocycles. The fraction of sp³-hybridized carbons (Fsp3) is 0.632. The molecule has 2 heterocycles. The molecule has 1 fully saturated rings. The first-order valence-corrected chi connectivity index (χ1v) is 8.55. The summed E-state index contributed by atoms with van der Waals surface area (Å²) in [7, 11) is 3.33. The van der Waals surface area contributed by atoms with Crippen LogP contribution in [0.25, 0.3) is 0 Å². The summed E-state index contributed by atoms with van der Waals surface area (Å²) >= 11 is 0. The van der Waals surface area contributed by atoms with Crippen LogP contribution in [0.1, 0.15) is 45.3 Å². The largest absolute Gasteiger partial charge is 0.493 e. The van der Waals surface area contributed by atoms with Gasteiger partial charge >= 0.3 is 0 Å². The van der Waals surface area contributed by atoms with Crippen LogP contribution < -0.4 is 9.47 Å². The van der Waals surface area contributed by atoms with E-state index in [9.17, 15) is 4.79 Å². The Labute approximate surface area is 140 Å². The minimum Gasteiger partial charge on any atom is -0.493 e. The molecule has 4 nitrogen and oxygen atoms in total. The highest BCUT2D eigenvalue weighted by Crippen LogP contribution is 2.42.